The van der Waals surface area contributed by atoms with Crippen molar-refractivity contribution in [2.24, 2.45) is 5.41 Å². The lowest BCUT2D eigenvalue weighted by Crippen LogP contribution is -2.36. The summed E-state index contributed by atoms with van der Waals surface area (Å²) in [5.74, 6) is 0.575. The number of nitrogens with zero attached hydrogens (tertiary/aromatic N) is 6. The Morgan fingerprint density at radius 2 is 2.00 bits per heavy atom. The summed E-state index contributed by atoms with van der Waals surface area (Å²) in [5, 5.41) is 11.4. The lowest BCUT2D eigenvalue weighted by atomic mass is 9.95. The second kappa shape index (κ2) is 10.8. The number of fused-ring (bicyclic) bond motifs is 3. The number of halogens is 1. The molecule has 1 saturated heterocycles. The van der Waals surface area contributed by atoms with Crippen molar-refractivity contribution in [1.29, 1.82) is 0 Å². The number of pyridine rings is 2. The zero-order chi connectivity index (χ0) is 31.5. The van der Waals surface area contributed by atoms with Crippen LogP contribution in [0.5, 0.6) is 5.75 Å². The number of aromatic amines is 2. The molecule has 6 heterocycles. The van der Waals surface area contributed by atoms with Crippen LogP contribution in [-0.4, -0.2) is 85.7 Å². The Hall–Kier alpha value is -5.10. The molecule has 4 aromatic heterocycles. The van der Waals surface area contributed by atoms with Crippen molar-refractivity contribution >= 4 is 33.7 Å². The quantitative estimate of drug-likeness (QED) is 0.216. The molecule has 3 N–H and O–H groups in total. The second-order valence-corrected chi connectivity index (χ2v) is 12.8. The molecule has 7 rings (SSSR count). The zero-order valence-corrected chi connectivity index (χ0v) is 25.8. The number of hydrogen-bond acceptors (Lipinski definition) is 8. The van der Waals surface area contributed by atoms with E-state index in [0.717, 1.165) is 34.3 Å². The summed E-state index contributed by atoms with van der Waals surface area (Å²) in [4.78, 5) is 34.1. The first kappa shape index (κ1) is 28.7. The maximum Gasteiger partial charge on any atom is 0.229 e. The van der Waals surface area contributed by atoms with Gasteiger partial charge in [-0.1, -0.05) is 20.8 Å². The fourth-order valence-corrected chi connectivity index (χ4v) is 5.30. The summed E-state index contributed by atoms with van der Waals surface area (Å²) >= 11 is 0. The third kappa shape index (κ3) is 5.64. The first-order valence-electron chi connectivity index (χ1n) is 14.8. The molecule has 0 bridgehead atoms. The van der Waals surface area contributed by atoms with E-state index < -0.39 is 11.2 Å². The van der Waals surface area contributed by atoms with Gasteiger partial charge in [0.05, 0.1) is 16.9 Å². The van der Waals surface area contributed by atoms with E-state index in [9.17, 15) is 9.18 Å². The molecule has 12 heteroatoms. The van der Waals surface area contributed by atoms with Gasteiger partial charge in [0.1, 0.15) is 23.9 Å². The average molecular weight is 608 g/mol. The lowest BCUT2D eigenvalue weighted by Gasteiger charge is -2.21. The number of rotatable bonds is 8. The molecule has 1 aromatic carbocycles. The summed E-state index contributed by atoms with van der Waals surface area (Å²) < 4.78 is 20.5. The van der Waals surface area contributed by atoms with E-state index in [-0.39, 0.29) is 11.9 Å². The van der Waals surface area contributed by atoms with Gasteiger partial charge >= 0.3 is 0 Å². The number of allylic oxidation sites excluding steroid dienone is 2. The molecule has 0 saturated carbocycles. The van der Waals surface area contributed by atoms with Gasteiger partial charge in [-0.3, -0.25) is 9.89 Å². The Balaban J connectivity index is 1.22. The number of aromatic nitrogens is 6. The van der Waals surface area contributed by atoms with E-state index in [1.54, 1.807) is 12.4 Å². The minimum atomic E-state index is -0.494. The van der Waals surface area contributed by atoms with Crippen molar-refractivity contribution < 1.29 is 13.9 Å². The van der Waals surface area contributed by atoms with Crippen LogP contribution in [0.2, 0.25) is 0 Å². The van der Waals surface area contributed by atoms with Crippen molar-refractivity contribution in [3.05, 3.63) is 72.1 Å². The molecular formula is C33H34FN9O2. The minimum absolute atomic E-state index is 0.0169. The molecule has 2 aliphatic heterocycles. The van der Waals surface area contributed by atoms with E-state index in [4.69, 9.17) is 9.72 Å². The van der Waals surface area contributed by atoms with Gasteiger partial charge in [0.25, 0.3) is 0 Å². The summed E-state index contributed by atoms with van der Waals surface area (Å²) in [7, 11) is 3.92. The van der Waals surface area contributed by atoms with Crippen LogP contribution in [0.15, 0.2) is 60.7 Å². The van der Waals surface area contributed by atoms with Gasteiger partial charge in [0, 0.05) is 65.6 Å². The molecule has 5 aromatic rings. The number of amides is 1. The molecule has 1 atom stereocenters. The molecular weight excluding hydrogens is 573 g/mol. The number of H-pyrrole nitrogens is 2. The molecule has 0 aliphatic carbocycles. The first-order valence-corrected chi connectivity index (χ1v) is 14.8. The summed E-state index contributed by atoms with van der Waals surface area (Å²) in [6.07, 6.45) is 7.55. The normalized spacial score (nSPS) is 16.2. The summed E-state index contributed by atoms with van der Waals surface area (Å²) in [6, 6.07) is 8.71. The van der Waals surface area contributed by atoms with E-state index in [1.807, 2.05) is 64.0 Å². The monoisotopic (exact) mass is 607 g/mol. The smallest absolute Gasteiger partial charge is 0.229 e. The molecule has 0 radical (unpaired) electrons. The molecule has 45 heavy (non-hydrogen) atoms. The number of likely N-dealkylation sites (N-methyl/N-ethyl adjacent to an activating group) is 1. The van der Waals surface area contributed by atoms with Crippen LogP contribution >= 0.6 is 0 Å². The minimum Gasteiger partial charge on any atom is -0.492 e. The van der Waals surface area contributed by atoms with Gasteiger partial charge in [0.2, 0.25) is 5.91 Å². The zero-order valence-electron chi connectivity index (χ0n) is 25.8. The van der Waals surface area contributed by atoms with Crippen molar-refractivity contribution in [2.45, 2.75) is 26.8 Å². The molecule has 1 unspecified atom stereocenters. The highest BCUT2D eigenvalue weighted by atomic mass is 19.1. The molecule has 230 valence electrons. The molecule has 0 spiro atoms. The SMILES string of the molecule is CN(C)CCOc1cc(F)cc(-c2ccnc3nc(-c4[nH]nc5ncc(C6=CN7CC7C(NC(=O)C(C)(C)C)=C6)cc45)[nH]c23)c1. The van der Waals surface area contributed by atoms with Crippen LogP contribution < -0.4 is 10.1 Å². The topological polar surface area (TPSA) is 128 Å². The van der Waals surface area contributed by atoms with Gasteiger partial charge in [-0.05, 0) is 50.0 Å². The Morgan fingerprint density at radius 1 is 1.16 bits per heavy atom. The van der Waals surface area contributed by atoms with Crippen LogP contribution in [0.25, 0.3) is 50.4 Å². The van der Waals surface area contributed by atoms with Crippen molar-refractivity contribution in [2.75, 3.05) is 33.8 Å². The first-order chi connectivity index (χ1) is 21.5. The Morgan fingerprint density at radius 3 is 2.80 bits per heavy atom. The number of ether oxygens (including phenoxy) is 1. The summed E-state index contributed by atoms with van der Waals surface area (Å²) in [6.45, 7) is 7.72. The van der Waals surface area contributed by atoms with Crippen LogP contribution in [0, 0.1) is 11.2 Å². The number of benzene rings is 1. The number of imidazole rings is 1. The standard InChI is InChI=1S/C33H34FN9O2/c1-33(2,3)32(44)37-25-13-20(16-43-17-26(25)43)19-12-24-28(40-41-29(24)36-15-19)31-38-27-23(6-7-35-30(27)39-31)18-10-21(34)14-22(11-18)45-9-8-42(4)5/h6-7,10-16,26H,8-9,17H2,1-5H3,(H,37,44)(H,35,38,39)(H,36,40,41). The van der Waals surface area contributed by atoms with Crippen LogP contribution in [0.1, 0.15) is 26.3 Å². The fourth-order valence-electron chi connectivity index (χ4n) is 5.30. The number of carbonyl (C=O) groups excluding carboxylic acids is 1. The third-order valence-corrected chi connectivity index (χ3v) is 7.93. The highest BCUT2D eigenvalue weighted by Gasteiger charge is 2.39. The average Bonchev–Trinajstić information content (AvgIpc) is 3.46. The third-order valence-electron chi connectivity index (χ3n) is 7.93. The van der Waals surface area contributed by atoms with Crippen LogP contribution in [-0.2, 0) is 4.79 Å². The van der Waals surface area contributed by atoms with Gasteiger partial charge in [-0.2, -0.15) is 5.10 Å². The van der Waals surface area contributed by atoms with Gasteiger partial charge in [-0.25, -0.2) is 19.3 Å². The van der Waals surface area contributed by atoms with Gasteiger partial charge < -0.3 is 24.8 Å². The van der Waals surface area contributed by atoms with Crippen molar-refractivity contribution in [1.82, 2.24) is 45.2 Å². The predicted octanol–water partition coefficient (Wildman–Crippen LogP) is 4.73. The molecule has 11 nitrogen and oxygen atoms in total. The largest absolute Gasteiger partial charge is 0.492 e. The predicted molar refractivity (Wildman–Crippen MR) is 170 cm³/mol. The van der Waals surface area contributed by atoms with Crippen LogP contribution in [0.3, 0.4) is 0 Å². The maximum atomic E-state index is 14.7. The van der Waals surface area contributed by atoms with E-state index in [2.05, 4.69) is 41.6 Å². The molecule has 2 aliphatic rings. The molecule has 1 amide bonds. The Bertz CT molecular complexity index is 2020. The van der Waals surface area contributed by atoms with E-state index in [1.165, 1.54) is 12.1 Å². The number of nitrogens with one attached hydrogen (secondary N) is 3. The number of carbonyl (C=O) groups is 1. The fraction of sp³-hybridized carbons (Fsp3) is 0.303. The van der Waals surface area contributed by atoms with Gasteiger partial charge in [0.15, 0.2) is 17.1 Å². The molecule has 1 fully saturated rings. The van der Waals surface area contributed by atoms with Gasteiger partial charge in [-0.15, -0.1) is 0 Å². The van der Waals surface area contributed by atoms with Crippen LogP contribution in [0.4, 0.5) is 4.39 Å². The Kier molecular flexibility index (Phi) is 6.88. The van der Waals surface area contributed by atoms with Crippen molar-refractivity contribution in [3.8, 4) is 28.4 Å². The van der Waals surface area contributed by atoms with E-state index >= 15 is 0 Å². The maximum absolute atomic E-state index is 14.7. The summed E-state index contributed by atoms with van der Waals surface area (Å²) in [5.41, 5.74) is 5.95. The number of hydrogen-bond donors (Lipinski definition) is 3. The second-order valence-electron chi connectivity index (χ2n) is 12.8. The lowest BCUT2D eigenvalue weighted by molar-refractivity contribution is -0.127. The van der Waals surface area contributed by atoms with Crippen molar-refractivity contribution in [3.63, 3.8) is 0 Å². The highest BCUT2D eigenvalue weighted by Crippen LogP contribution is 2.37. The highest BCUT2D eigenvalue weighted by molar-refractivity contribution is 5.96. The van der Waals surface area contributed by atoms with E-state index in [0.29, 0.717) is 52.8 Å². The Labute approximate surface area is 259 Å².